The number of thiophene rings is 1. The molecule has 0 fully saturated rings. The average molecular weight is 322 g/mol. The van der Waals surface area contributed by atoms with Gasteiger partial charge in [-0.15, -0.1) is 11.3 Å². The smallest absolute Gasteiger partial charge is 0.309 e. The van der Waals surface area contributed by atoms with E-state index in [1.165, 1.54) is 18.4 Å². The fourth-order valence-electron chi connectivity index (χ4n) is 1.98. The summed E-state index contributed by atoms with van der Waals surface area (Å²) in [6, 6.07) is 7.72. The maximum atomic E-state index is 11.6. The Balaban J connectivity index is 1.88. The number of benzene rings is 1. The van der Waals surface area contributed by atoms with Gasteiger partial charge in [0.25, 0.3) is 0 Å². The molecule has 0 aliphatic carbocycles. The Morgan fingerprint density at radius 3 is 2.77 bits per heavy atom. The van der Waals surface area contributed by atoms with Gasteiger partial charge in [0.2, 0.25) is 0 Å². The number of methoxy groups -OCH3 is 1. The number of hydrogen-bond donors (Lipinski definition) is 3. The topological polar surface area (TPSA) is 87.7 Å². The molecule has 1 heterocycles. The standard InChI is InChI=1S/C15H18N2O4S/c1-21-7-6-16-14(19)15(20)17-8-12(18)11-9-22-13-5-3-2-4-10(11)13/h2-5,9,12,18H,6-8H2,1H3,(H,16,19)(H,17,20). The minimum Gasteiger partial charge on any atom is -0.387 e. The molecule has 0 bridgehead atoms. The lowest BCUT2D eigenvalue weighted by Gasteiger charge is -2.11. The molecule has 3 N–H and O–H groups in total. The normalized spacial score (nSPS) is 12.1. The average Bonchev–Trinajstić information content (AvgIpc) is 2.96. The highest BCUT2D eigenvalue weighted by Gasteiger charge is 2.17. The summed E-state index contributed by atoms with van der Waals surface area (Å²) in [6.07, 6.45) is -0.855. The lowest BCUT2D eigenvalue weighted by Crippen LogP contribution is -2.42. The van der Waals surface area contributed by atoms with Crippen LogP contribution in [0.3, 0.4) is 0 Å². The summed E-state index contributed by atoms with van der Waals surface area (Å²) < 4.78 is 5.84. The largest absolute Gasteiger partial charge is 0.387 e. The molecule has 0 saturated carbocycles. The monoisotopic (exact) mass is 322 g/mol. The summed E-state index contributed by atoms with van der Waals surface area (Å²) in [4.78, 5) is 23.1. The molecule has 0 aliphatic rings. The molecule has 1 atom stereocenters. The van der Waals surface area contributed by atoms with Crippen molar-refractivity contribution in [1.29, 1.82) is 0 Å². The van der Waals surface area contributed by atoms with Gasteiger partial charge in [-0.05, 0) is 16.8 Å². The number of amides is 2. The first kappa shape index (κ1) is 16.4. The van der Waals surface area contributed by atoms with Crippen molar-refractivity contribution < 1.29 is 19.4 Å². The van der Waals surface area contributed by atoms with E-state index >= 15 is 0 Å². The summed E-state index contributed by atoms with van der Waals surface area (Å²) in [5.74, 6) is -1.51. The second-order valence-corrected chi connectivity index (χ2v) is 5.57. The number of ether oxygens (including phenoxy) is 1. The zero-order chi connectivity index (χ0) is 15.9. The molecule has 1 aromatic heterocycles. The van der Waals surface area contributed by atoms with Gasteiger partial charge in [0, 0.05) is 30.5 Å². The summed E-state index contributed by atoms with van der Waals surface area (Å²) >= 11 is 1.53. The molecule has 0 radical (unpaired) electrons. The summed E-state index contributed by atoms with van der Waals surface area (Å²) in [5, 5.41) is 17.9. The number of aliphatic hydroxyl groups is 1. The Morgan fingerprint density at radius 1 is 1.27 bits per heavy atom. The van der Waals surface area contributed by atoms with E-state index in [1.54, 1.807) is 0 Å². The van der Waals surface area contributed by atoms with Crippen molar-refractivity contribution in [2.75, 3.05) is 26.8 Å². The van der Waals surface area contributed by atoms with E-state index < -0.39 is 17.9 Å². The molecule has 1 aromatic carbocycles. The predicted octanol–water partition coefficient (Wildman–Crippen LogP) is 0.813. The number of rotatable bonds is 6. The molecule has 0 aliphatic heterocycles. The third kappa shape index (κ3) is 4.03. The van der Waals surface area contributed by atoms with Crippen LogP contribution in [0.25, 0.3) is 10.1 Å². The Bertz CT molecular complexity index is 656. The highest BCUT2D eigenvalue weighted by Crippen LogP contribution is 2.29. The summed E-state index contributed by atoms with van der Waals surface area (Å²) in [5.41, 5.74) is 0.751. The van der Waals surface area contributed by atoms with Gasteiger partial charge in [0.15, 0.2) is 0 Å². The Hall–Kier alpha value is -1.96. The van der Waals surface area contributed by atoms with Gasteiger partial charge in [-0.3, -0.25) is 9.59 Å². The van der Waals surface area contributed by atoms with E-state index in [-0.39, 0.29) is 13.1 Å². The first-order chi connectivity index (χ1) is 10.6. The molecule has 6 nitrogen and oxygen atoms in total. The fraction of sp³-hybridized carbons (Fsp3) is 0.333. The molecule has 0 saturated heterocycles. The third-order valence-corrected chi connectivity index (χ3v) is 4.11. The quantitative estimate of drug-likeness (QED) is 0.543. The lowest BCUT2D eigenvalue weighted by atomic mass is 10.1. The molecule has 2 amide bonds. The van der Waals surface area contributed by atoms with Crippen LogP contribution in [0.2, 0.25) is 0 Å². The van der Waals surface area contributed by atoms with Gasteiger partial charge >= 0.3 is 11.8 Å². The second kappa shape index (κ2) is 7.88. The molecule has 7 heteroatoms. The van der Waals surface area contributed by atoms with Crippen molar-refractivity contribution >= 4 is 33.2 Å². The molecule has 0 spiro atoms. The third-order valence-electron chi connectivity index (χ3n) is 3.12. The van der Waals surface area contributed by atoms with Crippen LogP contribution in [0.1, 0.15) is 11.7 Å². The molecule has 1 unspecified atom stereocenters. The molecular weight excluding hydrogens is 304 g/mol. The van der Waals surface area contributed by atoms with Gasteiger partial charge < -0.3 is 20.5 Å². The highest BCUT2D eigenvalue weighted by molar-refractivity contribution is 7.17. The van der Waals surface area contributed by atoms with Crippen molar-refractivity contribution in [2.45, 2.75) is 6.10 Å². The zero-order valence-electron chi connectivity index (χ0n) is 12.2. The molecule has 118 valence electrons. The van der Waals surface area contributed by atoms with Crippen molar-refractivity contribution in [3.63, 3.8) is 0 Å². The van der Waals surface area contributed by atoms with Crippen LogP contribution in [0.4, 0.5) is 0 Å². The molecule has 2 rings (SSSR count). The number of nitrogens with one attached hydrogen (secondary N) is 2. The van der Waals surface area contributed by atoms with Crippen LogP contribution >= 0.6 is 11.3 Å². The molecule has 2 aromatic rings. The van der Waals surface area contributed by atoms with Crippen LogP contribution in [0.5, 0.6) is 0 Å². The lowest BCUT2D eigenvalue weighted by molar-refractivity contribution is -0.139. The van der Waals surface area contributed by atoms with Gasteiger partial charge in [-0.25, -0.2) is 0 Å². The highest BCUT2D eigenvalue weighted by atomic mass is 32.1. The summed E-state index contributed by atoms with van der Waals surface area (Å²) in [6.45, 7) is 0.584. The number of carbonyl (C=O) groups excluding carboxylic acids is 2. The molecule has 22 heavy (non-hydrogen) atoms. The van der Waals surface area contributed by atoms with Crippen LogP contribution < -0.4 is 10.6 Å². The number of aliphatic hydroxyl groups excluding tert-OH is 1. The van der Waals surface area contributed by atoms with E-state index in [0.717, 1.165) is 15.6 Å². The second-order valence-electron chi connectivity index (χ2n) is 4.66. The summed E-state index contributed by atoms with van der Waals surface area (Å²) in [7, 11) is 1.51. The minimum absolute atomic E-state index is 0.0166. The molecular formula is C15H18N2O4S. The Morgan fingerprint density at radius 2 is 2.00 bits per heavy atom. The van der Waals surface area contributed by atoms with Crippen LogP contribution in [0.15, 0.2) is 29.6 Å². The van der Waals surface area contributed by atoms with Crippen molar-refractivity contribution in [3.05, 3.63) is 35.2 Å². The Kier molecular flexibility index (Phi) is 5.88. The van der Waals surface area contributed by atoms with E-state index in [9.17, 15) is 14.7 Å². The van der Waals surface area contributed by atoms with Crippen molar-refractivity contribution in [1.82, 2.24) is 10.6 Å². The number of hydrogen-bond acceptors (Lipinski definition) is 5. The van der Waals surface area contributed by atoms with Crippen LogP contribution in [0, 0.1) is 0 Å². The van der Waals surface area contributed by atoms with Gasteiger partial charge in [0.1, 0.15) is 0 Å². The first-order valence-electron chi connectivity index (χ1n) is 6.82. The predicted molar refractivity (Wildman–Crippen MR) is 84.7 cm³/mol. The van der Waals surface area contributed by atoms with Gasteiger partial charge in [-0.2, -0.15) is 0 Å². The van der Waals surface area contributed by atoms with Crippen LogP contribution in [-0.2, 0) is 14.3 Å². The van der Waals surface area contributed by atoms with E-state index in [4.69, 9.17) is 4.74 Å². The SMILES string of the molecule is COCCNC(=O)C(=O)NCC(O)c1csc2ccccc12. The van der Waals surface area contributed by atoms with Crippen molar-refractivity contribution in [3.8, 4) is 0 Å². The van der Waals surface area contributed by atoms with E-state index in [2.05, 4.69) is 10.6 Å². The van der Waals surface area contributed by atoms with E-state index in [0.29, 0.717) is 6.61 Å². The van der Waals surface area contributed by atoms with Gasteiger partial charge in [-0.1, -0.05) is 18.2 Å². The van der Waals surface area contributed by atoms with Gasteiger partial charge in [0.05, 0.1) is 12.7 Å². The Labute approximate surface area is 132 Å². The maximum absolute atomic E-state index is 11.6. The zero-order valence-corrected chi connectivity index (χ0v) is 13.0. The first-order valence-corrected chi connectivity index (χ1v) is 7.70. The van der Waals surface area contributed by atoms with Crippen molar-refractivity contribution in [2.24, 2.45) is 0 Å². The maximum Gasteiger partial charge on any atom is 0.309 e. The minimum atomic E-state index is -0.855. The fourth-order valence-corrected chi connectivity index (χ4v) is 2.99. The van der Waals surface area contributed by atoms with E-state index in [1.807, 2.05) is 29.6 Å². The van der Waals surface area contributed by atoms with Crippen LogP contribution in [-0.4, -0.2) is 43.7 Å². The number of carbonyl (C=O) groups is 2. The number of fused-ring (bicyclic) bond motifs is 1.